The standard InChI is InChI=1S/C36H67NO8/c1-6-8-10-12-13-14-15-16-17-18-19-20-21-23-25-27-34(39)45-32(30-43-33(38)26-24-22-11-9-7-2)31-44-36(35(40)41)42-29-28-37(3,4)5/h16-17,32,36H,6-15,18-31H2,1-5H3/p+1/b17-16-. The van der Waals surface area contributed by atoms with E-state index in [1.54, 1.807) is 0 Å². The first-order valence-corrected chi connectivity index (χ1v) is 17.9. The number of nitrogens with zero attached hydrogens (tertiary/aromatic N) is 1. The van der Waals surface area contributed by atoms with Gasteiger partial charge in [-0.2, -0.15) is 0 Å². The molecule has 0 bridgehead atoms. The summed E-state index contributed by atoms with van der Waals surface area (Å²) in [7, 11) is 5.93. The number of unbranched alkanes of at least 4 members (excludes halogenated alkanes) is 15. The molecule has 0 aromatic heterocycles. The average Bonchev–Trinajstić information content (AvgIpc) is 2.98. The lowest BCUT2D eigenvalue weighted by Gasteiger charge is -2.25. The Morgan fingerprint density at radius 2 is 1.13 bits per heavy atom. The zero-order valence-corrected chi connectivity index (χ0v) is 29.5. The largest absolute Gasteiger partial charge is 0.477 e. The van der Waals surface area contributed by atoms with Crippen molar-refractivity contribution in [2.45, 2.75) is 155 Å². The zero-order chi connectivity index (χ0) is 33.6. The highest BCUT2D eigenvalue weighted by molar-refractivity contribution is 5.71. The van der Waals surface area contributed by atoms with E-state index in [2.05, 4.69) is 26.0 Å². The molecule has 1 N–H and O–H groups in total. The number of carbonyl (C=O) groups is 3. The van der Waals surface area contributed by atoms with Gasteiger partial charge >= 0.3 is 17.9 Å². The van der Waals surface area contributed by atoms with Crippen molar-refractivity contribution >= 4 is 17.9 Å². The highest BCUT2D eigenvalue weighted by atomic mass is 16.7. The van der Waals surface area contributed by atoms with Crippen molar-refractivity contribution in [3.8, 4) is 0 Å². The number of carbonyl (C=O) groups excluding carboxylic acids is 2. The third-order valence-electron chi connectivity index (χ3n) is 7.52. The van der Waals surface area contributed by atoms with E-state index < -0.39 is 24.3 Å². The van der Waals surface area contributed by atoms with Gasteiger partial charge in [-0.05, 0) is 38.5 Å². The van der Waals surface area contributed by atoms with Crippen LogP contribution in [0, 0.1) is 0 Å². The van der Waals surface area contributed by atoms with Crippen LogP contribution in [-0.4, -0.2) is 87.4 Å². The van der Waals surface area contributed by atoms with Gasteiger partial charge in [-0.1, -0.05) is 103 Å². The predicted molar refractivity (Wildman–Crippen MR) is 180 cm³/mol. The normalized spacial score (nSPS) is 13.2. The number of allylic oxidation sites excluding steroid dienone is 2. The van der Waals surface area contributed by atoms with Crippen LogP contribution >= 0.6 is 0 Å². The summed E-state index contributed by atoms with van der Waals surface area (Å²) in [5, 5.41) is 9.52. The van der Waals surface area contributed by atoms with Crippen molar-refractivity contribution in [1.29, 1.82) is 0 Å². The molecule has 0 radical (unpaired) electrons. The molecule has 264 valence electrons. The quantitative estimate of drug-likeness (QED) is 0.0259. The Hall–Kier alpha value is -1.97. The summed E-state index contributed by atoms with van der Waals surface area (Å²) >= 11 is 0. The number of esters is 2. The molecule has 9 nitrogen and oxygen atoms in total. The van der Waals surface area contributed by atoms with E-state index in [1.165, 1.54) is 44.9 Å². The third-order valence-corrected chi connectivity index (χ3v) is 7.52. The van der Waals surface area contributed by atoms with E-state index in [1.807, 2.05) is 21.1 Å². The lowest BCUT2D eigenvalue weighted by molar-refractivity contribution is -0.870. The number of ether oxygens (including phenoxy) is 4. The maximum Gasteiger partial charge on any atom is 0.361 e. The molecule has 9 heteroatoms. The van der Waals surface area contributed by atoms with Crippen LogP contribution in [-0.2, 0) is 33.3 Å². The van der Waals surface area contributed by atoms with Crippen LogP contribution in [0.25, 0.3) is 0 Å². The van der Waals surface area contributed by atoms with Gasteiger partial charge in [-0.25, -0.2) is 4.79 Å². The Morgan fingerprint density at radius 3 is 1.64 bits per heavy atom. The molecule has 2 unspecified atom stereocenters. The van der Waals surface area contributed by atoms with E-state index in [4.69, 9.17) is 18.9 Å². The lowest BCUT2D eigenvalue weighted by atomic mass is 10.1. The Labute approximate surface area is 275 Å². The van der Waals surface area contributed by atoms with Crippen molar-refractivity contribution in [2.75, 3.05) is 47.5 Å². The number of quaternary nitrogens is 1. The molecular formula is C36H68NO8+. The monoisotopic (exact) mass is 642 g/mol. The number of rotatable bonds is 32. The molecule has 0 aromatic carbocycles. The second-order valence-corrected chi connectivity index (χ2v) is 13.2. The molecule has 0 saturated carbocycles. The molecule has 0 saturated heterocycles. The van der Waals surface area contributed by atoms with Crippen LogP contribution in [0.2, 0.25) is 0 Å². The summed E-state index contributed by atoms with van der Waals surface area (Å²) in [4.78, 5) is 36.5. The van der Waals surface area contributed by atoms with E-state index >= 15 is 0 Å². The minimum atomic E-state index is -1.50. The Morgan fingerprint density at radius 1 is 0.644 bits per heavy atom. The second-order valence-electron chi connectivity index (χ2n) is 13.2. The minimum Gasteiger partial charge on any atom is -0.477 e. The Kier molecular flexibility index (Phi) is 28.1. The van der Waals surface area contributed by atoms with Gasteiger partial charge in [0.25, 0.3) is 6.29 Å². The summed E-state index contributed by atoms with van der Waals surface area (Å²) in [6.45, 7) is 4.74. The molecule has 0 heterocycles. The smallest absolute Gasteiger partial charge is 0.361 e. The van der Waals surface area contributed by atoms with Crippen LogP contribution in [0.15, 0.2) is 12.2 Å². The molecule has 0 rings (SSSR count). The van der Waals surface area contributed by atoms with Gasteiger partial charge in [0, 0.05) is 12.8 Å². The summed E-state index contributed by atoms with van der Waals surface area (Å²) in [5.41, 5.74) is 0. The average molecular weight is 643 g/mol. The first kappa shape index (κ1) is 43.0. The van der Waals surface area contributed by atoms with Gasteiger partial charge in [0.05, 0.1) is 34.4 Å². The Balaban J connectivity index is 4.47. The summed E-state index contributed by atoms with van der Waals surface area (Å²) in [6.07, 6.45) is 23.1. The molecule has 0 aliphatic carbocycles. The molecule has 2 atom stereocenters. The molecule has 0 aliphatic heterocycles. The van der Waals surface area contributed by atoms with Gasteiger partial charge in [-0.3, -0.25) is 9.59 Å². The molecule has 0 aliphatic rings. The maximum absolute atomic E-state index is 12.6. The number of hydrogen-bond acceptors (Lipinski definition) is 7. The molecule has 0 amide bonds. The fraction of sp³-hybridized carbons (Fsp3) is 0.861. The van der Waals surface area contributed by atoms with Gasteiger partial charge in [0.1, 0.15) is 13.2 Å². The first-order chi connectivity index (χ1) is 21.6. The van der Waals surface area contributed by atoms with Crippen molar-refractivity contribution in [3.63, 3.8) is 0 Å². The minimum absolute atomic E-state index is 0.183. The molecule has 0 fully saturated rings. The number of hydrogen-bond donors (Lipinski definition) is 1. The number of likely N-dealkylation sites (N-methyl/N-ethyl adjacent to an activating group) is 1. The first-order valence-electron chi connectivity index (χ1n) is 17.9. The number of aliphatic carboxylic acids is 1. The highest BCUT2D eigenvalue weighted by Crippen LogP contribution is 2.12. The second kappa shape index (κ2) is 29.4. The Bertz CT molecular complexity index is 765. The highest BCUT2D eigenvalue weighted by Gasteiger charge is 2.25. The molecule has 45 heavy (non-hydrogen) atoms. The molecule has 0 spiro atoms. The molecule has 0 aromatic rings. The summed E-state index contributed by atoms with van der Waals surface area (Å²) in [5.74, 6) is -2.03. The SMILES string of the molecule is CCCCCCCC/C=C\CCCCCCCC(=O)OC(COC(=O)CCCCCCC)COC(OCC[N+](C)(C)C)C(=O)O. The van der Waals surface area contributed by atoms with E-state index in [0.29, 0.717) is 23.9 Å². The van der Waals surface area contributed by atoms with Gasteiger partial charge in [0.2, 0.25) is 0 Å². The third kappa shape index (κ3) is 30.4. The lowest BCUT2D eigenvalue weighted by Crippen LogP contribution is -2.40. The van der Waals surface area contributed by atoms with Gasteiger partial charge in [-0.15, -0.1) is 0 Å². The fourth-order valence-electron chi connectivity index (χ4n) is 4.65. The van der Waals surface area contributed by atoms with E-state index in [9.17, 15) is 19.5 Å². The number of carboxylic acids is 1. The van der Waals surface area contributed by atoms with Crippen molar-refractivity contribution in [3.05, 3.63) is 12.2 Å². The van der Waals surface area contributed by atoms with E-state index in [0.717, 1.165) is 64.2 Å². The van der Waals surface area contributed by atoms with Gasteiger partial charge in [0.15, 0.2) is 6.10 Å². The number of carboxylic acid groups (broad SMARTS) is 1. The zero-order valence-electron chi connectivity index (χ0n) is 29.5. The van der Waals surface area contributed by atoms with Crippen LogP contribution in [0.5, 0.6) is 0 Å². The topological polar surface area (TPSA) is 108 Å². The fourth-order valence-corrected chi connectivity index (χ4v) is 4.65. The van der Waals surface area contributed by atoms with Crippen molar-refractivity contribution in [2.24, 2.45) is 0 Å². The van der Waals surface area contributed by atoms with Crippen LogP contribution < -0.4 is 0 Å². The predicted octanol–water partition coefficient (Wildman–Crippen LogP) is 7.99. The van der Waals surface area contributed by atoms with E-state index in [-0.39, 0.29) is 32.2 Å². The van der Waals surface area contributed by atoms with Crippen molar-refractivity contribution < 1.29 is 42.9 Å². The van der Waals surface area contributed by atoms with Crippen molar-refractivity contribution in [1.82, 2.24) is 0 Å². The summed E-state index contributed by atoms with van der Waals surface area (Å²) < 4.78 is 22.4. The maximum atomic E-state index is 12.6. The molecular weight excluding hydrogens is 574 g/mol. The van der Waals surface area contributed by atoms with Crippen LogP contribution in [0.1, 0.15) is 142 Å². The van der Waals surface area contributed by atoms with Crippen LogP contribution in [0.4, 0.5) is 0 Å². The van der Waals surface area contributed by atoms with Gasteiger partial charge < -0.3 is 28.5 Å². The van der Waals surface area contributed by atoms with Crippen LogP contribution in [0.3, 0.4) is 0 Å². The summed E-state index contributed by atoms with van der Waals surface area (Å²) in [6, 6.07) is 0.